The maximum absolute atomic E-state index is 4.01. The van der Waals surface area contributed by atoms with E-state index in [1.807, 2.05) is 12.2 Å². The van der Waals surface area contributed by atoms with Crippen molar-refractivity contribution in [1.82, 2.24) is 10.2 Å². The van der Waals surface area contributed by atoms with Crippen LogP contribution in [0.1, 0.15) is 37.3 Å². The Bertz CT molecular complexity index is 546. The Hall–Kier alpha value is -1.58. The van der Waals surface area contributed by atoms with E-state index in [4.69, 9.17) is 0 Å². The second-order valence-corrected chi connectivity index (χ2v) is 7.26. The Morgan fingerprint density at radius 3 is 2.92 bits per heavy atom. The summed E-state index contributed by atoms with van der Waals surface area (Å²) in [6.45, 7) is 14.5. The molecule has 1 aliphatic rings. The van der Waals surface area contributed by atoms with E-state index in [0.29, 0.717) is 6.04 Å². The van der Waals surface area contributed by atoms with Gasteiger partial charge < -0.3 is 15.5 Å². The van der Waals surface area contributed by atoms with Crippen LogP contribution in [0.3, 0.4) is 0 Å². The summed E-state index contributed by atoms with van der Waals surface area (Å²) < 4.78 is 0. The number of nitrogens with zero attached hydrogens (tertiary/aromatic N) is 1. The molecule has 1 aromatic carbocycles. The molecule has 0 saturated carbocycles. The highest BCUT2D eigenvalue weighted by Crippen LogP contribution is 2.23. The van der Waals surface area contributed by atoms with Crippen LogP contribution in [0.2, 0.25) is 0 Å². The van der Waals surface area contributed by atoms with Crippen molar-refractivity contribution in [3.05, 3.63) is 48.6 Å². The molecule has 1 aromatic rings. The molecule has 0 aromatic heterocycles. The number of benzene rings is 1. The molecule has 3 nitrogen and oxygen atoms in total. The second-order valence-electron chi connectivity index (χ2n) is 7.26. The average molecular weight is 342 g/mol. The first-order chi connectivity index (χ1) is 12.2. The molecule has 0 aliphatic carbocycles. The highest BCUT2D eigenvalue weighted by molar-refractivity contribution is 5.64. The minimum Gasteiger partial charge on any atom is -0.384 e. The van der Waals surface area contributed by atoms with Crippen LogP contribution in [0.25, 0.3) is 6.08 Å². The van der Waals surface area contributed by atoms with Gasteiger partial charge in [-0.25, -0.2) is 0 Å². The van der Waals surface area contributed by atoms with Crippen LogP contribution in [-0.4, -0.2) is 44.2 Å². The summed E-state index contributed by atoms with van der Waals surface area (Å²) in [5.74, 6) is 0.738. The van der Waals surface area contributed by atoms with Gasteiger partial charge in [0.1, 0.15) is 0 Å². The van der Waals surface area contributed by atoms with Crippen molar-refractivity contribution in [2.45, 2.75) is 38.6 Å². The molecule has 1 fully saturated rings. The van der Waals surface area contributed by atoms with E-state index in [-0.39, 0.29) is 0 Å². The van der Waals surface area contributed by atoms with E-state index in [1.54, 1.807) is 0 Å². The number of allylic oxidation sites excluding steroid dienone is 1. The van der Waals surface area contributed by atoms with E-state index in [1.165, 1.54) is 29.7 Å². The summed E-state index contributed by atoms with van der Waals surface area (Å²) >= 11 is 0. The SMILES string of the molecule is C=CCCC(C)N(C)CCc1c(C=C)cccc1NCC1CCNC1. The fourth-order valence-corrected chi connectivity index (χ4v) is 3.47. The third-order valence-electron chi connectivity index (χ3n) is 5.43. The van der Waals surface area contributed by atoms with Crippen LogP contribution in [0, 0.1) is 5.92 Å². The van der Waals surface area contributed by atoms with E-state index >= 15 is 0 Å². The smallest absolute Gasteiger partial charge is 0.0379 e. The zero-order valence-corrected chi connectivity index (χ0v) is 16.1. The van der Waals surface area contributed by atoms with Crippen LogP contribution in [0.15, 0.2) is 37.4 Å². The molecule has 0 amide bonds. The monoisotopic (exact) mass is 341 g/mol. The van der Waals surface area contributed by atoms with E-state index in [9.17, 15) is 0 Å². The van der Waals surface area contributed by atoms with Crippen molar-refractivity contribution >= 4 is 11.8 Å². The Labute approximate surface area is 154 Å². The highest BCUT2D eigenvalue weighted by Gasteiger charge is 2.16. The van der Waals surface area contributed by atoms with Gasteiger partial charge in [0.05, 0.1) is 0 Å². The molecule has 2 rings (SSSR count). The molecule has 1 heterocycles. The summed E-state index contributed by atoms with van der Waals surface area (Å²) in [6, 6.07) is 7.10. The number of rotatable bonds is 11. The molecule has 2 N–H and O–H groups in total. The van der Waals surface area contributed by atoms with Crippen molar-refractivity contribution in [3.8, 4) is 0 Å². The lowest BCUT2D eigenvalue weighted by Crippen LogP contribution is -2.31. The molecule has 2 atom stereocenters. The van der Waals surface area contributed by atoms with Crippen LogP contribution in [-0.2, 0) is 6.42 Å². The van der Waals surface area contributed by atoms with Gasteiger partial charge in [-0.15, -0.1) is 6.58 Å². The molecule has 0 radical (unpaired) electrons. The molecule has 2 unspecified atom stereocenters. The number of hydrogen-bond acceptors (Lipinski definition) is 3. The van der Waals surface area contributed by atoms with Crippen LogP contribution >= 0.6 is 0 Å². The Kier molecular flexibility index (Phi) is 8.23. The van der Waals surface area contributed by atoms with Gasteiger partial charge in [0.2, 0.25) is 0 Å². The minimum absolute atomic E-state index is 0.579. The lowest BCUT2D eigenvalue weighted by atomic mass is 10.0. The van der Waals surface area contributed by atoms with Gasteiger partial charge >= 0.3 is 0 Å². The molecule has 0 bridgehead atoms. The predicted octanol–water partition coefficient (Wildman–Crippen LogP) is 4.18. The first-order valence-electron chi connectivity index (χ1n) is 9.65. The lowest BCUT2D eigenvalue weighted by molar-refractivity contribution is 0.250. The van der Waals surface area contributed by atoms with Crippen LogP contribution in [0.5, 0.6) is 0 Å². The molecule has 0 spiro atoms. The van der Waals surface area contributed by atoms with Gasteiger partial charge in [0, 0.05) is 24.8 Å². The van der Waals surface area contributed by atoms with Crippen molar-refractivity contribution in [2.24, 2.45) is 5.92 Å². The first kappa shape index (κ1) is 19.7. The topological polar surface area (TPSA) is 27.3 Å². The fraction of sp³-hybridized carbons (Fsp3) is 0.545. The first-order valence-corrected chi connectivity index (χ1v) is 9.65. The number of likely N-dealkylation sites (N-methyl/N-ethyl adjacent to an activating group) is 1. The quantitative estimate of drug-likeness (QED) is 0.591. The maximum atomic E-state index is 4.01. The van der Waals surface area contributed by atoms with Crippen LogP contribution < -0.4 is 10.6 Å². The molecule has 138 valence electrons. The second kappa shape index (κ2) is 10.4. The zero-order valence-electron chi connectivity index (χ0n) is 16.1. The molecule has 1 aliphatic heterocycles. The van der Waals surface area contributed by atoms with Gasteiger partial charge in [-0.05, 0) is 75.9 Å². The number of hydrogen-bond donors (Lipinski definition) is 2. The van der Waals surface area contributed by atoms with Gasteiger partial charge in [0.15, 0.2) is 0 Å². The summed E-state index contributed by atoms with van der Waals surface area (Å²) in [5.41, 5.74) is 3.92. The molecule has 1 saturated heterocycles. The maximum Gasteiger partial charge on any atom is 0.0379 e. The highest BCUT2D eigenvalue weighted by atomic mass is 15.1. The Balaban J connectivity index is 1.98. The van der Waals surface area contributed by atoms with E-state index in [2.05, 4.69) is 60.9 Å². The summed E-state index contributed by atoms with van der Waals surface area (Å²) in [6.07, 6.45) is 8.56. The normalized spacial score (nSPS) is 18.3. The fourth-order valence-electron chi connectivity index (χ4n) is 3.47. The molecule has 3 heteroatoms. The lowest BCUT2D eigenvalue weighted by Gasteiger charge is -2.25. The summed E-state index contributed by atoms with van der Waals surface area (Å²) in [7, 11) is 2.22. The summed E-state index contributed by atoms with van der Waals surface area (Å²) in [4.78, 5) is 2.45. The van der Waals surface area contributed by atoms with E-state index in [0.717, 1.165) is 44.9 Å². The number of anilines is 1. The van der Waals surface area contributed by atoms with Gasteiger partial charge in [-0.2, -0.15) is 0 Å². The van der Waals surface area contributed by atoms with Crippen LogP contribution in [0.4, 0.5) is 5.69 Å². The van der Waals surface area contributed by atoms with E-state index < -0.39 is 0 Å². The third kappa shape index (κ3) is 6.02. The van der Waals surface area contributed by atoms with Crippen molar-refractivity contribution in [3.63, 3.8) is 0 Å². The van der Waals surface area contributed by atoms with Gasteiger partial charge in [0.25, 0.3) is 0 Å². The Morgan fingerprint density at radius 1 is 1.40 bits per heavy atom. The Morgan fingerprint density at radius 2 is 2.24 bits per heavy atom. The van der Waals surface area contributed by atoms with Crippen molar-refractivity contribution in [1.29, 1.82) is 0 Å². The number of nitrogens with one attached hydrogen (secondary N) is 2. The van der Waals surface area contributed by atoms with Crippen molar-refractivity contribution in [2.75, 3.05) is 38.5 Å². The predicted molar refractivity (Wildman–Crippen MR) is 111 cm³/mol. The third-order valence-corrected chi connectivity index (χ3v) is 5.43. The minimum atomic E-state index is 0.579. The standard InChI is InChI=1S/C22H35N3/c1-5-7-9-18(3)25(4)15-13-21-20(6-2)10-8-11-22(21)24-17-19-12-14-23-16-19/h5-6,8,10-11,18-19,23-24H,1-2,7,9,12-17H2,3-4H3. The molecular formula is C22H35N3. The molecular weight excluding hydrogens is 306 g/mol. The zero-order chi connectivity index (χ0) is 18.1. The van der Waals surface area contributed by atoms with Gasteiger partial charge in [-0.1, -0.05) is 30.9 Å². The molecule has 25 heavy (non-hydrogen) atoms. The van der Waals surface area contributed by atoms with Crippen molar-refractivity contribution < 1.29 is 0 Å². The van der Waals surface area contributed by atoms with Gasteiger partial charge in [-0.3, -0.25) is 0 Å². The average Bonchev–Trinajstić information content (AvgIpc) is 3.15. The largest absolute Gasteiger partial charge is 0.384 e. The summed E-state index contributed by atoms with van der Waals surface area (Å²) in [5, 5.41) is 7.14.